The van der Waals surface area contributed by atoms with Crippen molar-refractivity contribution in [3.63, 3.8) is 0 Å². The lowest BCUT2D eigenvalue weighted by molar-refractivity contribution is -0.138. The number of pyridine rings is 1. The van der Waals surface area contributed by atoms with Gasteiger partial charge >= 0.3 is 6.18 Å². The van der Waals surface area contributed by atoms with Gasteiger partial charge in [0, 0.05) is 35.1 Å². The third kappa shape index (κ3) is 11.4. The molecule has 0 bridgehead atoms. The molecule has 0 aliphatic carbocycles. The van der Waals surface area contributed by atoms with Gasteiger partial charge in [0.05, 0.1) is 11.3 Å². The number of piperidine rings is 1. The number of halogens is 3. The van der Waals surface area contributed by atoms with Crippen LogP contribution in [0.2, 0.25) is 0 Å². The maximum Gasteiger partial charge on any atom is 0.417 e. The minimum absolute atomic E-state index is 0.133. The zero-order valence-corrected chi connectivity index (χ0v) is 24.6. The topological polar surface area (TPSA) is 78.5 Å². The van der Waals surface area contributed by atoms with Gasteiger partial charge in [0.15, 0.2) is 0 Å². The highest BCUT2D eigenvalue weighted by molar-refractivity contribution is 6.01. The Labute approximate surface area is 231 Å². The van der Waals surface area contributed by atoms with E-state index in [1.165, 1.54) is 0 Å². The van der Waals surface area contributed by atoms with Crippen molar-refractivity contribution in [3.05, 3.63) is 36.5 Å². The van der Waals surface area contributed by atoms with Crippen LogP contribution in [0.25, 0.3) is 16.3 Å². The molecule has 3 N–H and O–H groups in total. The van der Waals surface area contributed by atoms with Crippen LogP contribution in [-0.2, 0) is 9.53 Å². The molecule has 2 aromatic rings. The number of fused-ring (bicyclic) bond motifs is 1. The largest absolute Gasteiger partial charge is 0.462 e. The van der Waals surface area contributed by atoms with E-state index in [1.807, 2.05) is 60.7 Å². The number of hydrogen-bond acceptors (Lipinski definition) is 7. The van der Waals surface area contributed by atoms with Gasteiger partial charge in [-0.2, -0.15) is 13.2 Å². The maximum atomic E-state index is 13.5. The average Bonchev–Trinajstić information content (AvgIpc) is 2.88. The summed E-state index contributed by atoms with van der Waals surface area (Å²) >= 11 is 0. The molecule has 1 aromatic carbocycles. The molecule has 0 radical (unpaired) electrons. The molecule has 2 heterocycles. The first-order valence-electron chi connectivity index (χ1n) is 13.4. The molecule has 0 amide bonds. The predicted octanol–water partition coefficient (Wildman–Crippen LogP) is 6.32. The van der Waals surface area contributed by atoms with Gasteiger partial charge in [0.1, 0.15) is 11.4 Å². The van der Waals surface area contributed by atoms with Gasteiger partial charge in [-0.15, -0.1) is 0 Å². The summed E-state index contributed by atoms with van der Waals surface area (Å²) in [5.41, 5.74) is -0.562. The van der Waals surface area contributed by atoms with Crippen LogP contribution in [0.1, 0.15) is 60.1 Å². The zero-order chi connectivity index (χ0) is 29.8. The number of anilines is 2. The SMILES string of the molecule is C=C(c1nc(NCC(C)NC)cc2c(NC3CCN(C)CC3)cccc12)C(F)(F)F.CC.CC(C)(C)OC=O. The molecule has 1 saturated heterocycles. The van der Waals surface area contributed by atoms with Crippen molar-refractivity contribution in [2.45, 2.75) is 78.2 Å². The van der Waals surface area contributed by atoms with Crippen molar-refractivity contribution >= 4 is 34.3 Å². The van der Waals surface area contributed by atoms with E-state index < -0.39 is 11.7 Å². The fraction of sp³-hybridized carbons (Fsp3) is 0.586. The molecule has 0 saturated carbocycles. The van der Waals surface area contributed by atoms with Gasteiger partial charge in [-0.25, -0.2) is 4.98 Å². The molecule has 10 heteroatoms. The Balaban J connectivity index is 0.000000735. The molecule has 1 aliphatic heterocycles. The number of nitrogens with one attached hydrogen (secondary N) is 3. The number of aromatic nitrogens is 1. The summed E-state index contributed by atoms with van der Waals surface area (Å²) in [6, 6.07) is 7.61. The molecular weight excluding hydrogens is 507 g/mol. The molecule has 0 spiro atoms. The van der Waals surface area contributed by atoms with Crippen molar-refractivity contribution in [1.82, 2.24) is 15.2 Å². The Bertz CT molecular complexity index is 1050. The lowest BCUT2D eigenvalue weighted by Crippen LogP contribution is -2.36. The Morgan fingerprint density at radius 3 is 2.31 bits per heavy atom. The second kappa shape index (κ2) is 15.7. The predicted molar refractivity (Wildman–Crippen MR) is 156 cm³/mol. The van der Waals surface area contributed by atoms with E-state index >= 15 is 0 Å². The Morgan fingerprint density at radius 2 is 1.82 bits per heavy atom. The number of alkyl halides is 3. The van der Waals surface area contributed by atoms with Crippen molar-refractivity contribution < 1.29 is 22.7 Å². The number of likely N-dealkylation sites (tertiary alicyclic amines) is 1. The number of nitrogens with zero attached hydrogens (tertiary/aromatic N) is 2. The monoisotopic (exact) mass is 553 g/mol. The van der Waals surface area contributed by atoms with Gasteiger partial charge in [-0.05, 0) is 79.9 Å². The molecule has 3 rings (SSSR count). The van der Waals surface area contributed by atoms with Gasteiger partial charge in [0.25, 0.3) is 6.47 Å². The molecular formula is C29H46F3N5O2. The van der Waals surface area contributed by atoms with Gasteiger partial charge < -0.3 is 25.6 Å². The second-order valence-corrected chi connectivity index (χ2v) is 10.4. The lowest BCUT2D eigenvalue weighted by Gasteiger charge is -2.30. The molecule has 1 aliphatic rings. The summed E-state index contributed by atoms with van der Waals surface area (Å²) < 4.78 is 45.0. The number of carbonyl (C=O) groups excluding carboxylic acids is 1. The Morgan fingerprint density at radius 1 is 1.21 bits per heavy atom. The van der Waals surface area contributed by atoms with Crippen LogP contribution in [0.15, 0.2) is 30.8 Å². The number of hydrogen-bond donors (Lipinski definition) is 3. The van der Waals surface area contributed by atoms with Gasteiger partial charge in [-0.3, -0.25) is 4.79 Å². The molecule has 7 nitrogen and oxygen atoms in total. The standard InChI is InChI=1S/C22H30F3N5.C5H10O2.C2H6/c1-14(26-3)13-27-20-12-18-17(21(29-20)15(2)22(23,24)25)6-5-7-19(18)28-16-8-10-30(4)11-9-16;1-5(2,3)7-4-6;1-2/h5-7,12,14,16,26,28H,2,8-11,13H2,1,3-4H3,(H,27,29);4H,1-3H3;1-2H3. The minimum atomic E-state index is -4.55. The van der Waals surface area contributed by atoms with Crippen LogP contribution in [-0.4, -0.2) is 73.9 Å². The van der Waals surface area contributed by atoms with E-state index in [1.54, 1.807) is 12.1 Å². The third-order valence-corrected chi connectivity index (χ3v) is 6.06. The van der Waals surface area contributed by atoms with Crippen LogP contribution in [0.5, 0.6) is 0 Å². The summed E-state index contributed by atoms with van der Waals surface area (Å²) in [4.78, 5) is 16.2. The summed E-state index contributed by atoms with van der Waals surface area (Å²) in [5, 5.41) is 11.0. The van der Waals surface area contributed by atoms with E-state index in [2.05, 4.69) is 44.2 Å². The molecule has 1 fully saturated rings. The Hall–Kier alpha value is -2.85. The lowest BCUT2D eigenvalue weighted by atomic mass is 10.0. The molecule has 1 atom stereocenters. The number of allylic oxidation sites excluding steroid dienone is 1. The first kappa shape index (κ1) is 34.2. The van der Waals surface area contributed by atoms with Gasteiger partial charge in [0.2, 0.25) is 0 Å². The highest BCUT2D eigenvalue weighted by Crippen LogP contribution is 2.38. The van der Waals surface area contributed by atoms with E-state index in [-0.39, 0.29) is 23.4 Å². The van der Waals surface area contributed by atoms with E-state index in [0.717, 1.165) is 31.6 Å². The number of benzene rings is 1. The quantitative estimate of drug-likeness (QED) is 0.330. The van der Waals surface area contributed by atoms with E-state index in [9.17, 15) is 18.0 Å². The highest BCUT2D eigenvalue weighted by Gasteiger charge is 2.35. The average molecular weight is 554 g/mol. The van der Waals surface area contributed by atoms with Crippen molar-refractivity contribution in [3.8, 4) is 0 Å². The van der Waals surface area contributed by atoms with Crippen LogP contribution < -0.4 is 16.0 Å². The summed E-state index contributed by atoms with van der Waals surface area (Å²) in [5.74, 6) is 0.405. The summed E-state index contributed by atoms with van der Waals surface area (Å²) in [6.45, 7) is 17.7. The number of ether oxygens (including phenoxy) is 1. The number of carbonyl (C=O) groups is 1. The second-order valence-electron chi connectivity index (χ2n) is 10.4. The third-order valence-electron chi connectivity index (χ3n) is 6.06. The number of rotatable bonds is 8. The van der Waals surface area contributed by atoms with Crippen LogP contribution >= 0.6 is 0 Å². The van der Waals surface area contributed by atoms with Crippen molar-refractivity contribution in [2.24, 2.45) is 0 Å². The normalized spacial score (nSPS) is 15.3. The fourth-order valence-electron chi connectivity index (χ4n) is 3.73. The van der Waals surface area contributed by atoms with Crippen LogP contribution in [0.3, 0.4) is 0 Å². The minimum Gasteiger partial charge on any atom is -0.462 e. The zero-order valence-electron chi connectivity index (χ0n) is 24.6. The van der Waals surface area contributed by atoms with E-state index in [4.69, 9.17) is 0 Å². The molecule has 220 valence electrons. The van der Waals surface area contributed by atoms with Crippen LogP contribution in [0.4, 0.5) is 24.7 Å². The first-order chi connectivity index (χ1) is 18.2. The van der Waals surface area contributed by atoms with Gasteiger partial charge in [-0.1, -0.05) is 32.6 Å². The summed E-state index contributed by atoms with van der Waals surface area (Å²) in [6.07, 6.45) is -2.57. The Kier molecular flexibility index (Phi) is 13.7. The summed E-state index contributed by atoms with van der Waals surface area (Å²) in [7, 11) is 3.93. The van der Waals surface area contributed by atoms with Crippen molar-refractivity contribution in [1.29, 1.82) is 0 Å². The fourth-order valence-corrected chi connectivity index (χ4v) is 3.73. The molecule has 1 aromatic heterocycles. The highest BCUT2D eigenvalue weighted by atomic mass is 19.4. The maximum absolute atomic E-state index is 13.5. The van der Waals surface area contributed by atoms with Crippen LogP contribution in [0, 0.1) is 0 Å². The van der Waals surface area contributed by atoms with Crippen molar-refractivity contribution in [2.75, 3.05) is 44.4 Å². The molecule has 39 heavy (non-hydrogen) atoms. The number of likely N-dealkylation sites (N-methyl/N-ethyl adjacent to an activating group) is 1. The first-order valence-corrected chi connectivity index (χ1v) is 13.4. The smallest absolute Gasteiger partial charge is 0.417 e. The molecule has 1 unspecified atom stereocenters. The van der Waals surface area contributed by atoms with E-state index in [0.29, 0.717) is 29.6 Å².